The number of carboxylic acids is 2. The van der Waals surface area contributed by atoms with Gasteiger partial charge in [-0.3, -0.25) is 24.0 Å². The predicted molar refractivity (Wildman–Crippen MR) is 146 cm³/mol. The molecule has 0 radical (unpaired) electrons. The van der Waals surface area contributed by atoms with E-state index in [-0.39, 0.29) is 30.8 Å². The Kier molecular flexibility index (Phi) is 20.4. The number of amides is 3. The van der Waals surface area contributed by atoms with Crippen molar-refractivity contribution in [2.45, 2.75) is 102 Å². The van der Waals surface area contributed by atoms with Gasteiger partial charge in [0.1, 0.15) is 18.6 Å². The molecule has 0 unspecified atom stereocenters. The highest BCUT2D eigenvalue weighted by Crippen LogP contribution is 2.13. The lowest BCUT2D eigenvalue weighted by atomic mass is 10.1. The van der Waals surface area contributed by atoms with Gasteiger partial charge in [0.2, 0.25) is 11.8 Å². The zero-order chi connectivity index (χ0) is 29.6. The zero-order valence-electron chi connectivity index (χ0n) is 22.7. The van der Waals surface area contributed by atoms with Crippen molar-refractivity contribution in [1.82, 2.24) is 10.6 Å². The number of nitrogens with two attached hydrogens (primary N) is 2. The maximum Gasteiger partial charge on any atom is 0.329 e. The van der Waals surface area contributed by atoms with Crippen molar-refractivity contribution in [3.05, 3.63) is 0 Å². The second kappa shape index (κ2) is 22.0. The number of primary amides is 1. The maximum absolute atomic E-state index is 12.9. The summed E-state index contributed by atoms with van der Waals surface area (Å²) < 4.78 is 5.26. The Bertz CT molecular complexity index is 798. The average Bonchev–Trinajstić information content (AvgIpc) is 2.87. The van der Waals surface area contributed by atoms with Crippen LogP contribution in [-0.2, 0) is 33.5 Å². The Morgan fingerprint density at radius 2 is 1.46 bits per heavy atom. The molecule has 224 valence electrons. The molecule has 14 heteroatoms. The van der Waals surface area contributed by atoms with Crippen molar-refractivity contribution >= 4 is 47.4 Å². The molecule has 3 atom stereocenters. The molecule has 0 bridgehead atoms. The molecular formula is C25H44N4O9S. The van der Waals surface area contributed by atoms with E-state index in [1.165, 1.54) is 25.7 Å². The molecule has 0 saturated heterocycles. The fourth-order valence-corrected chi connectivity index (χ4v) is 4.40. The van der Waals surface area contributed by atoms with Gasteiger partial charge in [-0.05, 0) is 12.8 Å². The Morgan fingerprint density at radius 1 is 0.872 bits per heavy atom. The van der Waals surface area contributed by atoms with E-state index >= 15 is 0 Å². The Balaban J connectivity index is 4.99. The number of ether oxygens (including phenoxy) is 1. The van der Waals surface area contributed by atoms with Gasteiger partial charge >= 0.3 is 17.9 Å². The Labute approximate surface area is 233 Å². The summed E-state index contributed by atoms with van der Waals surface area (Å²) in [4.78, 5) is 70.8. The van der Waals surface area contributed by atoms with Crippen LogP contribution in [0.3, 0.4) is 0 Å². The van der Waals surface area contributed by atoms with Crippen LogP contribution in [0, 0.1) is 0 Å². The number of rotatable bonds is 24. The highest BCUT2D eigenvalue weighted by molar-refractivity contribution is 7.99. The van der Waals surface area contributed by atoms with Gasteiger partial charge < -0.3 is 37.1 Å². The number of esters is 1. The molecule has 0 aromatic heterocycles. The summed E-state index contributed by atoms with van der Waals surface area (Å²) in [5.74, 6) is -5.94. The molecule has 0 aliphatic rings. The first-order chi connectivity index (χ1) is 18.5. The standard InChI is InChI=1S/C25H44N4O9S/c1-2-3-4-5-6-7-8-9-10-11-21(31)29-18(12-13-20(27)30)25(37)38-19(23(34)28-14-22(32)33)16-39-15-17(26)24(35)36/h17-19H,2-16,26H2,1H3,(H2,27,30)(H,28,34)(H,29,31)(H,32,33)(H,35,36)/t17-,18+,19+/m0/s1. The van der Waals surface area contributed by atoms with Gasteiger partial charge in [-0.1, -0.05) is 58.3 Å². The van der Waals surface area contributed by atoms with Gasteiger partial charge in [0.15, 0.2) is 6.10 Å². The summed E-state index contributed by atoms with van der Waals surface area (Å²) in [6, 6.07) is -2.48. The smallest absolute Gasteiger partial charge is 0.329 e. The van der Waals surface area contributed by atoms with Gasteiger partial charge in [-0.2, -0.15) is 11.8 Å². The molecule has 39 heavy (non-hydrogen) atoms. The van der Waals surface area contributed by atoms with E-state index in [1.54, 1.807) is 0 Å². The molecule has 0 rings (SSSR count). The van der Waals surface area contributed by atoms with E-state index in [0.717, 1.165) is 37.4 Å². The summed E-state index contributed by atoms with van der Waals surface area (Å²) in [5, 5.41) is 22.3. The van der Waals surface area contributed by atoms with Crippen molar-refractivity contribution in [1.29, 1.82) is 0 Å². The third-order valence-electron chi connectivity index (χ3n) is 5.66. The molecule has 0 aromatic carbocycles. The summed E-state index contributed by atoms with van der Waals surface area (Å²) >= 11 is 0.916. The maximum atomic E-state index is 12.9. The molecule has 0 spiro atoms. The first kappa shape index (κ1) is 36.1. The molecule has 0 aliphatic heterocycles. The van der Waals surface area contributed by atoms with Crippen LogP contribution in [0.25, 0.3) is 0 Å². The van der Waals surface area contributed by atoms with Crippen LogP contribution in [0.5, 0.6) is 0 Å². The zero-order valence-corrected chi connectivity index (χ0v) is 23.5. The largest absolute Gasteiger partial charge is 0.480 e. The fourth-order valence-electron chi connectivity index (χ4n) is 3.43. The minimum Gasteiger partial charge on any atom is -0.480 e. The number of thioether (sulfide) groups is 1. The van der Waals surface area contributed by atoms with E-state index < -0.39 is 60.4 Å². The van der Waals surface area contributed by atoms with Crippen molar-refractivity contribution in [3.63, 3.8) is 0 Å². The van der Waals surface area contributed by atoms with Gasteiger partial charge in [-0.25, -0.2) is 4.79 Å². The number of hydrogen-bond donors (Lipinski definition) is 6. The predicted octanol–water partition coefficient (Wildman–Crippen LogP) is 0.915. The second-order valence-electron chi connectivity index (χ2n) is 9.22. The normalized spacial score (nSPS) is 13.1. The number of carbonyl (C=O) groups excluding carboxylic acids is 4. The molecule has 0 heterocycles. The molecule has 0 aromatic rings. The van der Waals surface area contributed by atoms with Crippen LogP contribution in [-0.4, -0.2) is 82.1 Å². The summed E-state index contributed by atoms with van der Waals surface area (Å²) in [5.41, 5.74) is 10.6. The number of carboxylic acid groups (broad SMARTS) is 2. The van der Waals surface area contributed by atoms with Gasteiger partial charge in [-0.15, -0.1) is 0 Å². The van der Waals surface area contributed by atoms with Crippen LogP contribution >= 0.6 is 11.8 Å². The number of hydrogen-bond acceptors (Lipinski definition) is 9. The highest BCUT2D eigenvalue weighted by Gasteiger charge is 2.29. The molecule has 13 nitrogen and oxygen atoms in total. The van der Waals surface area contributed by atoms with E-state index in [4.69, 9.17) is 26.4 Å². The van der Waals surface area contributed by atoms with Crippen LogP contribution in [0.15, 0.2) is 0 Å². The van der Waals surface area contributed by atoms with E-state index in [2.05, 4.69) is 17.6 Å². The second-order valence-corrected chi connectivity index (χ2v) is 10.3. The molecule has 0 aliphatic carbocycles. The Morgan fingerprint density at radius 3 is 2.00 bits per heavy atom. The van der Waals surface area contributed by atoms with Crippen LogP contribution in [0.1, 0.15) is 84.0 Å². The number of nitrogens with one attached hydrogen (secondary N) is 2. The lowest BCUT2D eigenvalue weighted by Crippen LogP contribution is -2.47. The van der Waals surface area contributed by atoms with Crippen LogP contribution in [0.4, 0.5) is 0 Å². The molecule has 0 fully saturated rings. The minimum atomic E-state index is -1.49. The molecular weight excluding hydrogens is 532 g/mol. The quantitative estimate of drug-likeness (QED) is 0.0699. The Hall–Kier alpha value is -2.87. The van der Waals surface area contributed by atoms with E-state index in [1.807, 2.05) is 0 Å². The average molecular weight is 577 g/mol. The molecule has 0 saturated carbocycles. The first-order valence-electron chi connectivity index (χ1n) is 13.3. The third-order valence-corrected chi connectivity index (χ3v) is 6.79. The van der Waals surface area contributed by atoms with E-state index in [9.17, 15) is 28.8 Å². The lowest BCUT2D eigenvalue weighted by molar-refractivity contribution is -0.157. The van der Waals surface area contributed by atoms with Gasteiger partial charge in [0.25, 0.3) is 5.91 Å². The number of aliphatic carboxylic acids is 2. The summed E-state index contributed by atoms with van der Waals surface area (Å²) in [6.45, 7) is 1.44. The lowest BCUT2D eigenvalue weighted by Gasteiger charge is -2.22. The van der Waals surface area contributed by atoms with Crippen molar-refractivity contribution in [2.24, 2.45) is 11.5 Å². The monoisotopic (exact) mass is 576 g/mol. The van der Waals surface area contributed by atoms with Crippen molar-refractivity contribution in [3.8, 4) is 0 Å². The summed E-state index contributed by atoms with van der Waals surface area (Å²) in [7, 11) is 0. The van der Waals surface area contributed by atoms with Crippen molar-refractivity contribution < 1.29 is 43.7 Å². The topological polar surface area (TPSA) is 228 Å². The minimum absolute atomic E-state index is 0.101. The third kappa shape index (κ3) is 19.8. The SMILES string of the molecule is CCCCCCCCCCCC(=O)N[C@H](CCC(N)=O)C(=O)O[C@H](CSC[C@H](N)C(=O)O)C(=O)NCC(=O)O. The van der Waals surface area contributed by atoms with Crippen molar-refractivity contribution in [2.75, 3.05) is 18.1 Å². The number of unbranched alkanes of at least 4 members (excludes halogenated alkanes) is 8. The summed E-state index contributed by atoms with van der Waals surface area (Å²) in [6.07, 6.45) is 7.92. The fraction of sp³-hybridized carbons (Fsp3) is 0.760. The molecule has 8 N–H and O–H groups in total. The number of carbonyl (C=O) groups is 6. The molecule has 3 amide bonds. The van der Waals surface area contributed by atoms with Gasteiger partial charge in [0, 0.05) is 24.3 Å². The van der Waals surface area contributed by atoms with Crippen LogP contribution < -0.4 is 22.1 Å². The van der Waals surface area contributed by atoms with E-state index in [0.29, 0.717) is 6.42 Å². The first-order valence-corrected chi connectivity index (χ1v) is 14.5. The van der Waals surface area contributed by atoms with Crippen LogP contribution in [0.2, 0.25) is 0 Å². The van der Waals surface area contributed by atoms with Gasteiger partial charge in [0.05, 0.1) is 0 Å². The highest BCUT2D eigenvalue weighted by atomic mass is 32.2.